The maximum Gasteiger partial charge on any atom is 0.289 e. The van der Waals surface area contributed by atoms with Gasteiger partial charge in [0.15, 0.2) is 10.4 Å². The number of carbonyl (C=O) groups excluding carboxylic acids is 1. The van der Waals surface area contributed by atoms with Gasteiger partial charge in [0, 0.05) is 13.6 Å². The van der Waals surface area contributed by atoms with Gasteiger partial charge in [-0.15, -0.1) is 0 Å². The monoisotopic (exact) mass is 270 g/mol. The molecule has 5 heteroatoms. The van der Waals surface area contributed by atoms with Crippen LogP contribution in [-0.2, 0) is 0 Å². The van der Waals surface area contributed by atoms with E-state index in [0.717, 1.165) is 0 Å². The van der Waals surface area contributed by atoms with Crippen molar-refractivity contribution in [2.75, 3.05) is 13.6 Å². The molecule has 4 nitrogen and oxygen atoms in total. The highest BCUT2D eigenvalue weighted by Gasteiger charge is 2.17. The predicted octanol–water partition coefficient (Wildman–Crippen LogP) is 2.27. The highest BCUT2D eigenvalue weighted by molar-refractivity contribution is 9.10. The molecule has 0 spiro atoms. The van der Waals surface area contributed by atoms with Gasteiger partial charge in [0.05, 0.1) is 12.0 Å². The summed E-state index contributed by atoms with van der Waals surface area (Å²) >= 11 is 3.12. The van der Waals surface area contributed by atoms with Crippen molar-refractivity contribution in [3.8, 4) is 6.07 Å². The minimum absolute atomic E-state index is 0.183. The Labute approximate surface area is 96.6 Å². The summed E-state index contributed by atoms with van der Waals surface area (Å²) in [5.41, 5.74) is 0. The van der Waals surface area contributed by atoms with E-state index in [1.165, 1.54) is 4.90 Å². The Balaban J connectivity index is 2.65. The van der Waals surface area contributed by atoms with Gasteiger partial charge in [0.2, 0.25) is 0 Å². The molecule has 80 valence electrons. The fraction of sp³-hybridized carbons (Fsp3) is 0.400. The second-order valence-electron chi connectivity index (χ2n) is 3.32. The standard InChI is InChI=1S/C10H11BrN2O2/c1-7(5-12)6-13(2)10(14)8-3-4-9(11)15-8/h3-4,7H,6H2,1-2H3. The topological polar surface area (TPSA) is 57.2 Å². The van der Waals surface area contributed by atoms with E-state index in [-0.39, 0.29) is 17.6 Å². The number of carbonyl (C=O) groups is 1. The van der Waals surface area contributed by atoms with Crippen molar-refractivity contribution < 1.29 is 9.21 Å². The van der Waals surface area contributed by atoms with Crippen LogP contribution in [0.4, 0.5) is 0 Å². The van der Waals surface area contributed by atoms with Gasteiger partial charge in [-0.25, -0.2) is 0 Å². The summed E-state index contributed by atoms with van der Waals surface area (Å²) in [5, 5.41) is 8.62. The molecule has 0 saturated heterocycles. The summed E-state index contributed by atoms with van der Waals surface area (Å²) in [6.07, 6.45) is 0. The quantitative estimate of drug-likeness (QED) is 0.847. The third kappa shape index (κ3) is 3.10. The molecule has 1 aromatic rings. The Morgan fingerprint density at radius 1 is 1.73 bits per heavy atom. The fourth-order valence-corrected chi connectivity index (χ4v) is 1.46. The molecule has 1 atom stereocenters. The third-order valence-corrected chi connectivity index (χ3v) is 2.32. The molecule has 1 amide bonds. The number of nitriles is 1. The average Bonchev–Trinajstić information content (AvgIpc) is 2.63. The van der Waals surface area contributed by atoms with Crippen LogP contribution < -0.4 is 0 Å². The highest BCUT2D eigenvalue weighted by Crippen LogP contribution is 2.15. The van der Waals surface area contributed by atoms with Crippen LogP contribution in [0.15, 0.2) is 21.2 Å². The van der Waals surface area contributed by atoms with Crippen molar-refractivity contribution in [2.24, 2.45) is 5.92 Å². The van der Waals surface area contributed by atoms with E-state index in [1.54, 1.807) is 26.1 Å². The Kier molecular flexibility index (Phi) is 3.92. The zero-order valence-corrected chi connectivity index (χ0v) is 10.1. The molecule has 0 saturated carbocycles. The summed E-state index contributed by atoms with van der Waals surface area (Å²) in [4.78, 5) is 13.2. The van der Waals surface area contributed by atoms with Crippen molar-refractivity contribution in [3.63, 3.8) is 0 Å². The van der Waals surface area contributed by atoms with Crippen molar-refractivity contribution in [1.82, 2.24) is 4.90 Å². The second kappa shape index (κ2) is 4.99. The fourth-order valence-electron chi connectivity index (χ4n) is 1.15. The lowest BCUT2D eigenvalue weighted by Gasteiger charge is -2.16. The molecular weight excluding hydrogens is 260 g/mol. The lowest BCUT2D eigenvalue weighted by atomic mass is 10.2. The highest BCUT2D eigenvalue weighted by atomic mass is 79.9. The summed E-state index contributed by atoms with van der Waals surface area (Å²) in [5.74, 6) is -0.130. The largest absolute Gasteiger partial charge is 0.444 e. The number of hydrogen-bond donors (Lipinski definition) is 0. The number of nitrogens with zero attached hydrogens (tertiary/aromatic N) is 2. The molecule has 1 rings (SSSR count). The molecule has 0 bridgehead atoms. The first-order valence-corrected chi connectivity index (χ1v) is 5.24. The van der Waals surface area contributed by atoms with Crippen LogP contribution in [0.25, 0.3) is 0 Å². The average molecular weight is 271 g/mol. The van der Waals surface area contributed by atoms with Gasteiger partial charge in [0.25, 0.3) is 5.91 Å². The van der Waals surface area contributed by atoms with Gasteiger partial charge in [-0.1, -0.05) is 0 Å². The molecule has 1 heterocycles. The minimum Gasteiger partial charge on any atom is -0.444 e. The van der Waals surface area contributed by atoms with Crippen LogP contribution in [0.2, 0.25) is 0 Å². The molecule has 1 aromatic heterocycles. The lowest BCUT2D eigenvalue weighted by molar-refractivity contribution is 0.0752. The molecule has 0 aliphatic rings. The maximum absolute atomic E-state index is 11.7. The van der Waals surface area contributed by atoms with Crippen LogP contribution >= 0.6 is 15.9 Å². The first-order valence-electron chi connectivity index (χ1n) is 4.45. The molecule has 15 heavy (non-hydrogen) atoms. The molecule has 0 N–H and O–H groups in total. The van der Waals surface area contributed by atoms with Gasteiger partial charge >= 0.3 is 0 Å². The van der Waals surface area contributed by atoms with Gasteiger partial charge < -0.3 is 9.32 Å². The van der Waals surface area contributed by atoms with Crippen molar-refractivity contribution in [1.29, 1.82) is 5.26 Å². The van der Waals surface area contributed by atoms with Crippen LogP contribution in [0.1, 0.15) is 17.5 Å². The molecule has 0 aromatic carbocycles. The molecule has 0 radical (unpaired) electrons. The van der Waals surface area contributed by atoms with Crippen LogP contribution in [-0.4, -0.2) is 24.4 Å². The molecule has 0 aliphatic carbocycles. The molecular formula is C10H11BrN2O2. The number of furan rings is 1. The van der Waals surface area contributed by atoms with Crippen LogP contribution in [0, 0.1) is 17.2 Å². The van der Waals surface area contributed by atoms with E-state index < -0.39 is 0 Å². The Morgan fingerprint density at radius 2 is 2.40 bits per heavy atom. The zero-order chi connectivity index (χ0) is 11.4. The zero-order valence-electron chi connectivity index (χ0n) is 8.53. The van der Waals surface area contributed by atoms with Crippen LogP contribution in [0.3, 0.4) is 0 Å². The van der Waals surface area contributed by atoms with Crippen molar-refractivity contribution in [2.45, 2.75) is 6.92 Å². The first-order chi connectivity index (χ1) is 7.04. The maximum atomic E-state index is 11.7. The normalized spacial score (nSPS) is 11.9. The van der Waals surface area contributed by atoms with Gasteiger partial charge in [-0.2, -0.15) is 5.26 Å². The van der Waals surface area contributed by atoms with Gasteiger partial charge in [-0.05, 0) is 35.0 Å². The van der Waals surface area contributed by atoms with Gasteiger partial charge in [0.1, 0.15) is 0 Å². The third-order valence-electron chi connectivity index (χ3n) is 1.90. The van der Waals surface area contributed by atoms with E-state index in [0.29, 0.717) is 11.2 Å². The Morgan fingerprint density at radius 3 is 2.87 bits per heavy atom. The van der Waals surface area contributed by atoms with Gasteiger partial charge in [-0.3, -0.25) is 4.79 Å². The summed E-state index contributed by atoms with van der Waals surface area (Å²) < 4.78 is 5.65. The summed E-state index contributed by atoms with van der Waals surface area (Å²) in [6, 6.07) is 5.33. The van der Waals surface area contributed by atoms with E-state index in [2.05, 4.69) is 22.0 Å². The smallest absolute Gasteiger partial charge is 0.289 e. The minimum atomic E-state index is -0.220. The second-order valence-corrected chi connectivity index (χ2v) is 4.10. The number of halogens is 1. The van der Waals surface area contributed by atoms with Crippen molar-refractivity contribution in [3.05, 3.63) is 22.6 Å². The SMILES string of the molecule is CC(C#N)CN(C)C(=O)c1ccc(Br)o1. The van der Waals surface area contributed by atoms with E-state index in [1.807, 2.05) is 0 Å². The Hall–Kier alpha value is -1.28. The van der Waals surface area contributed by atoms with E-state index in [9.17, 15) is 4.79 Å². The molecule has 0 fully saturated rings. The van der Waals surface area contributed by atoms with E-state index >= 15 is 0 Å². The summed E-state index contributed by atoms with van der Waals surface area (Å²) in [7, 11) is 1.65. The van der Waals surface area contributed by atoms with E-state index in [4.69, 9.17) is 9.68 Å². The van der Waals surface area contributed by atoms with Crippen molar-refractivity contribution >= 4 is 21.8 Å². The molecule has 1 unspecified atom stereocenters. The predicted molar refractivity (Wildman–Crippen MR) is 58.1 cm³/mol. The number of rotatable bonds is 3. The number of hydrogen-bond acceptors (Lipinski definition) is 3. The summed E-state index contributed by atoms with van der Waals surface area (Å²) in [6.45, 7) is 2.16. The Bertz CT molecular complexity index is 394. The van der Waals surface area contributed by atoms with Crippen LogP contribution in [0.5, 0.6) is 0 Å². The first kappa shape index (κ1) is 11.8. The molecule has 0 aliphatic heterocycles. The lowest BCUT2D eigenvalue weighted by Crippen LogP contribution is -2.30. The number of amides is 1.